The van der Waals surface area contributed by atoms with E-state index in [1.807, 2.05) is 26.0 Å². The van der Waals surface area contributed by atoms with E-state index in [0.29, 0.717) is 13.2 Å². The first kappa shape index (κ1) is 24.5. The topological polar surface area (TPSA) is 67.9 Å². The van der Waals surface area contributed by atoms with Crippen molar-refractivity contribution < 1.29 is 19.1 Å². The third-order valence-corrected chi connectivity index (χ3v) is 7.19. The van der Waals surface area contributed by atoms with Gasteiger partial charge in [-0.25, -0.2) is 9.59 Å². The molecule has 0 saturated heterocycles. The molecule has 0 radical (unpaired) electrons. The molecule has 0 amide bonds. The third kappa shape index (κ3) is 6.14. The van der Waals surface area contributed by atoms with Gasteiger partial charge in [0.1, 0.15) is 9.75 Å². The first-order valence-corrected chi connectivity index (χ1v) is 11.6. The maximum atomic E-state index is 11.5. The van der Waals surface area contributed by atoms with Crippen LogP contribution in [-0.2, 0) is 35.4 Å². The highest BCUT2D eigenvalue weighted by Crippen LogP contribution is 2.28. The summed E-state index contributed by atoms with van der Waals surface area (Å²) in [7, 11) is 2.10. The van der Waals surface area contributed by atoms with E-state index in [1.165, 1.54) is 20.9 Å². The van der Waals surface area contributed by atoms with Crippen molar-refractivity contribution in [1.29, 1.82) is 0 Å². The number of rotatable bonds is 4. The standard InChI is InChI=1S/C11H15NO2S.C10H13NO2S.CH4/c1-3-14-11(13)10-6-8-7-12(2)5-4-9(8)15-10;1-2-13-10(12)9-5-7-6-11-4-3-8(7)14-9;/h6H,3-5,7H2,1-2H3;5,11H,2-4,6H2,1H3;1H4. The lowest BCUT2D eigenvalue weighted by Crippen LogP contribution is -2.25. The smallest absolute Gasteiger partial charge is 0.348 e. The van der Waals surface area contributed by atoms with Crippen LogP contribution < -0.4 is 5.32 Å². The van der Waals surface area contributed by atoms with Crippen LogP contribution in [0, 0.1) is 0 Å². The summed E-state index contributed by atoms with van der Waals surface area (Å²) in [4.78, 5) is 29.4. The molecule has 4 heterocycles. The number of carbonyl (C=O) groups is 2. The zero-order valence-electron chi connectivity index (χ0n) is 17.2. The van der Waals surface area contributed by atoms with Crippen LogP contribution in [0.1, 0.15) is 61.5 Å². The zero-order valence-corrected chi connectivity index (χ0v) is 18.8. The molecule has 2 aliphatic rings. The van der Waals surface area contributed by atoms with Crippen LogP contribution >= 0.6 is 22.7 Å². The first-order chi connectivity index (χ1) is 14.0. The molecule has 1 N–H and O–H groups in total. The molecule has 0 atom stereocenters. The Bertz CT molecular complexity index is 836. The molecule has 0 unspecified atom stereocenters. The second-order valence-corrected chi connectivity index (χ2v) is 9.25. The highest BCUT2D eigenvalue weighted by atomic mass is 32.1. The molecule has 8 heteroatoms. The average molecular weight is 453 g/mol. The van der Waals surface area contributed by atoms with Crippen LogP contribution in [0.5, 0.6) is 0 Å². The van der Waals surface area contributed by atoms with E-state index in [2.05, 4.69) is 17.3 Å². The first-order valence-electron chi connectivity index (χ1n) is 9.98. The third-order valence-electron chi connectivity index (χ3n) is 4.75. The van der Waals surface area contributed by atoms with Crippen molar-refractivity contribution in [2.24, 2.45) is 0 Å². The zero-order chi connectivity index (χ0) is 20.8. The second-order valence-electron chi connectivity index (χ2n) is 6.97. The summed E-state index contributed by atoms with van der Waals surface area (Å²) in [6.45, 7) is 8.47. The van der Waals surface area contributed by atoms with E-state index in [1.54, 1.807) is 22.7 Å². The van der Waals surface area contributed by atoms with Crippen LogP contribution in [0.4, 0.5) is 0 Å². The van der Waals surface area contributed by atoms with Gasteiger partial charge in [-0.15, -0.1) is 22.7 Å². The number of likely N-dealkylation sites (N-methyl/N-ethyl adjacent to an activating group) is 1. The van der Waals surface area contributed by atoms with E-state index in [4.69, 9.17) is 9.47 Å². The summed E-state index contributed by atoms with van der Waals surface area (Å²) in [5, 5.41) is 3.28. The number of thiophene rings is 2. The van der Waals surface area contributed by atoms with Crippen molar-refractivity contribution in [1.82, 2.24) is 10.2 Å². The van der Waals surface area contributed by atoms with Crippen molar-refractivity contribution >= 4 is 34.6 Å². The molecule has 166 valence electrons. The number of nitrogens with one attached hydrogen (secondary N) is 1. The van der Waals surface area contributed by atoms with E-state index >= 15 is 0 Å². The van der Waals surface area contributed by atoms with Crippen molar-refractivity contribution in [2.45, 2.75) is 47.2 Å². The average Bonchev–Trinajstić information content (AvgIpc) is 3.32. The highest BCUT2D eigenvalue weighted by molar-refractivity contribution is 7.14. The Morgan fingerprint density at radius 1 is 1.00 bits per heavy atom. The molecule has 0 aromatic carbocycles. The fourth-order valence-electron chi connectivity index (χ4n) is 3.33. The van der Waals surface area contributed by atoms with Crippen LogP contribution in [0.3, 0.4) is 0 Å². The minimum Gasteiger partial charge on any atom is -0.462 e. The molecule has 6 nitrogen and oxygen atoms in total. The number of hydrogen-bond donors (Lipinski definition) is 1. The SMILES string of the molecule is C.CCOC(=O)c1cc2c(s1)CCN(C)C2.CCOC(=O)c1cc2c(s1)CCNC2. The molecule has 2 aliphatic heterocycles. The monoisotopic (exact) mass is 452 g/mol. The van der Waals surface area contributed by atoms with Gasteiger partial charge in [0.2, 0.25) is 0 Å². The van der Waals surface area contributed by atoms with Gasteiger partial charge in [0.25, 0.3) is 0 Å². The van der Waals surface area contributed by atoms with Crippen LogP contribution in [0.15, 0.2) is 12.1 Å². The minimum atomic E-state index is -0.188. The molecule has 0 bridgehead atoms. The number of hydrogen-bond acceptors (Lipinski definition) is 8. The van der Waals surface area contributed by atoms with Crippen molar-refractivity contribution in [3.63, 3.8) is 0 Å². The molecule has 0 saturated carbocycles. The normalized spacial score (nSPS) is 15.0. The summed E-state index contributed by atoms with van der Waals surface area (Å²) in [5.74, 6) is -0.369. The molecule has 4 rings (SSSR count). The minimum absolute atomic E-state index is 0. The molecule has 2 aromatic rings. The predicted molar refractivity (Wildman–Crippen MR) is 123 cm³/mol. The lowest BCUT2D eigenvalue weighted by Gasteiger charge is -2.21. The fourth-order valence-corrected chi connectivity index (χ4v) is 5.46. The largest absolute Gasteiger partial charge is 0.462 e. The summed E-state index contributed by atoms with van der Waals surface area (Å²) in [6.07, 6.45) is 2.08. The number of nitrogens with zero attached hydrogens (tertiary/aromatic N) is 1. The number of ether oxygens (including phenoxy) is 2. The van der Waals surface area contributed by atoms with Gasteiger partial charge >= 0.3 is 11.9 Å². The molecule has 30 heavy (non-hydrogen) atoms. The van der Waals surface area contributed by atoms with Gasteiger partial charge in [-0.3, -0.25) is 0 Å². The van der Waals surface area contributed by atoms with Gasteiger partial charge in [0, 0.05) is 35.9 Å². The molecule has 0 fully saturated rings. The Morgan fingerprint density at radius 3 is 2.13 bits per heavy atom. The van der Waals surface area contributed by atoms with Gasteiger partial charge in [0.15, 0.2) is 0 Å². The van der Waals surface area contributed by atoms with E-state index < -0.39 is 0 Å². The molecular formula is C22H32N2O4S2. The molecule has 0 aliphatic carbocycles. The van der Waals surface area contributed by atoms with Gasteiger partial charge in [-0.2, -0.15) is 0 Å². The Kier molecular flexibility index (Phi) is 9.48. The van der Waals surface area contributed by atoms with Crippen LogP contribution in [0.25, 0.3) is 0 Å². The molecule has 0 spiro atoms. The maximum Gasteiger partial charge on any atom is 0.348 e. The summed E-state index contributed by atoms with van der Waals surface area (Å²) < 4.78 is 9.95. The van der Waals surface area contributed by atoms with Gasteiger partial charge in [-0.05, 0) is 57.0 Å². The Morgan fingerprint density at radius 2 is 1.57 bits per heavy atom. The van der Waals surface area contributed by atoms with Crippen LogP contribution in [-0.4, -0.2) is 50.2 Å². The lowest BCUT2D eigenvalue weighted by molar-refractivity contribution is 0.0522. The van der Waals surface area contributed by atoms with Crippen molar-refractivity contribution in [3.05, 3.63) is 42.8 Å². The van der Waals surface area contributed by atoms with Gasteiger partial charge in [0.05, 0.1) is 13.2 Å². The Hall–Kier alpha value is -1.74. The van der Waals surface area contributed by atoms with E-state index in [-0.39, 0.29) is 19.4 Å². The molecule has 2 aromatic heterocycles. The van der Waals surface area contributed by atoms with E-state index in [9.17, 15) is 9.59 Å². The Labute approximate surface area is 187 Å². The Balaban J connectivity index is 0.000000207. The van der Waals surface area contributed by atoms with Crippen molar-refractivity contribution in [2.75, 3.05) is 33.4 Å². The van der Waals surface area contributed by atoms with Crippen LogP contribution in [0.2, 0.25) is 0 Å². The van der Waals surface area contributed by atoms with E-state index in [0.717, 1.165) is 48.8 Å². The number of esters is 2. The highest BCUT2D eigenvalue weighted by Gasteiger charge is 2.20. The lowest BCUT2D eigenvalue weighted by atomic mass is 10.1. The predicted octanol–water partition coefficient (Wildman–Crippen LogP) is 4.12. The summed E-state index contributed by atoms with van der Waals surface area (Å²) in [6, 6.07) is 3.93. The fraction of sp³-hybridized carbons (Fsp3) is 0.545. The van der Waals surface area contributed by atoms with Gasteiger partial charge < -0.3 is 19.7 Å². The quantitative estimate of drug-likeness (QED) is 0.704. The summed E-state index contributed by atoms with van der Waals surface area (Å²) in [5.41, 5.74) is 2.54. The van der Waals surface area contributed by atoms with Gasteiger partial charge in [-0.1, -0.05) is 7.43 Å². The summed E-state index contributed by atoms with van der Waals surface area (Å²) >= 11 is 3.15. The maximum absolute atomic E-state index is 11.5. The molecular weight excluding hydrogens is 420 g/mol. The second kappa shape index (κ2) is 11.6. The van der Waals surface area contributed by atoms with Crippen molar-refractivity contribution in [3.8, 4) is 0 Å². The number of carbonyl (C=O) groups excluding carboxylic acids is 2. The number of fused-ring (bicyclic) bond motifs is 2.